The van der Waals surface area contributed by atoms with Crippen molar-refractivity contribution in [1.29, 1.82) is 0 Å². The molecule has 1 N–H and O–H groups in total. The van der Waals surface area contributed by atoms with Crippen molar-refractivity contribution in [2.45, 2.75) is 57.5 Å². The molecular weight excluding hydrogens is 342 g/mol. The van der Waals surface area contributed by atoms with Gasteiger partial charge < -0.3 is 10.2 Å². The number of nitrogens with zero attached hydrogens (tertiary/aromatic N) is 4. The first-order chi connectivity index (χ1) is 13.1. The second-order valence-corrected chi connectivity index (χ2v) is 8.16. The van der Waals surface area contributed by atoms with Crippen LogP contribution in [0, 0.1) is 12.8 Å². The van der Waals surface area contributed by atoms with E-state index >= 15 is 0 Å². The van der Waals surface area contributed by atoms with Gasteiger partial charge in [0, 0.05) is 44.1 Å². The van der Waals surface area contributed by atoms with Crippen molar-refractivity contribution in [3.63, 3.8) is 0 Å². The predicted octanol–water partition coefficient (Wildman–Crippen LogP) is 1.38. The zero-order chi connectivity index (χ0) is 18.8. The molecule has 1 saturated carbocycles. The third-order valence-corrected chi connectivity index (χ3v) is 6.04. The zero-order valence-corrected chi connectivity index (χ0v) is 16.1. The molecular formula is C20H29N5O2. The third kappa shape index (κ3) is 4.46. The molecule has 7 heteroatoms. The van der Waals surface area contributed by atoms with Crippen LogP contribution in [-0.4, -0.2) is 69.8 Å². The second kappa shape index (κ2) is 7.92. The summed E-state index contributed by atoms with van der Waals surface area (Å²) in [4.78, 5) is 37.7. The largest absolute Gasteiger partial charge is 0.353 e. The van der Waals surface area contributed by atoms with Gasteiger partial charge in [-0.25, -0.2) is 9.97 Å². The molecule has 146 valence electrons. The molecule has 1 aromatic rings. The van der Waals surface area contributed by atoms with Crippen molar-refractivity contribution in [1.82, 2.24) is 25.1 Å². The molecule has 0 unspecified atom stereocenters. The van der Waals surface area contributed by atoms with E-state index in [1.54, 1.807) is 12.4 Å². The number of likely N-dealkylation sites (tertiary alicyclic amines) is 2. The lowest BCUT2D eigenvalue weighted by atomic mass is 9.93. The first-order valence-corrected chi connectivity index (χ1v) is 10.2. The van der Waals surface area contributed by atoms with E-state index in [-0.39, 0.29) is 17.7 Å². The summed E-state index contributed by atoms with van der Waals surface area (Å²) in [5.41, 5.74) is 0.564. The molecule has 4 rings (SSSR count). The molecule has 2 amide bonds. The summed E-state index contributed by atoms with van der Waals surface area (Å²) in [6.07, 6.45) is 9.53. The predicted molar refractivity (Wildman–Crippen MR) is 101 cm³/mol. The van der Waals surface area contributed by atoms with Crippen LogP contribution in [0.15, 0.2) is 12.4 Å². The Morgan fingerprint density at radius 3 is 2.41 bits per heavy atom. The van der Waals surface area contributed by atoms with Crippen LogP contribution in [-0.2, 0) is 4.79 Å². The Bertz CT molecular complexity index is 680. The fraction of sp³-hybridized carbons (Fsp3) is 0.700. The van der Waals surface area contributed by atoms with Crippen LogP contribution in [0.25, 0.3) is 0 Å². The number of hydrogen-bond donors (Lipinski definition) is 1. The maximum absolute atomic E-state index is 12.6. The highest BCUT2D eigenvalue weighted by Crippen LogP contribution is 2.26. The van der Waals surface area contributed by atoms with Gasteiger partial charge in [-0.15, -0.1) is 0 Å². The van der Waals surface area contributed by atoms with Crippen LogP contribution in [0.4, 0.5) is 0 Å². The summed E-state index contributed by atoms with van der Waals surface area (Å²) in [6.45, 7) is 5.26. The van der Waals surface area contributed by atoms with Gasteiger partial charge in [-0.05, 0) is 52.0 Å². The number of amides is 2. The Morgan fingerprint density at radius 2 is 1.74 bits per heavy atom. The smallest absolute Gasteiger partial charge is 0.256 e. The second-order valence-electron chi connectivity index (χ2n) is 8.16. The van der Waals surface area contributed by atoms with Crippen molar-refractivity contribution in [2.75, 3.05) is 26.2 Å². The van der Waals surface area contributed by atoms with Gasteiger partial charge in [-0.1, -0.05) is 0 Å². The van der Waals surface area contributed by atoms with Gasteiger partial charge in [0.25, 0.3) is 5.91 Å². The standard InChI is InChI=1S/C20H29N5O2/c1-14-21-11-16(12-22-14)20(27)24-9-6-18(7-10-24)25-8-2-3-15(13-25)19(26)23-17-4-5-17/h11-12,15,17-18H,2-10,13H2,1H3,(H,23,26)/t15-/m0/s1. The topological polar surface area (TPSA) is 78.4 Å². The Morgan fingerprint density at radius 1 is 1.04 bits per heavy atom. The fourth-order valence-electron chi connectivity index (χ4n) is 4.22. The molecule has 1 aliphatic carbocycles. The van der Waals surface area contributed by atoms with Crippen LogP contribution in [0.2, 0.25) is 0 Å². The van der Waals surface area contributed by atoms with Gasteiger partial charge in [-0.2, -0.15) is 0 Å². The number of carbonyl (C=O) groups excluding carboxylic acids is 2. The number of aromatic nitrogens is 2. The number of nitrogens with one attached hydrogen (secondary N) is 1. The molecule has 7 nitrogen and oxygen atoms in total. The van der Waals surface area contributed by atoms with Crippen LogP contribution in [0.5, 0.6) is 0 Å². The van der Waals surface area contributed by atoms with E-state index in [1.165, 1.54) is 0 Å². The van der Waals surface area contributed by atoms with Crippen molar-refractivity contribution in [3.8, 4) is 0 Å². The normalized spacial score (nSPS) is 24.6. The average Bonchev–Trinajstić information content (AvgIpc) is 3.52. The van der Waals surface area contributed by atoms with E-state index in [4.69, 9.17) is 0 Å². The zero-order valence-electron chi connectivity index (χ0n) is 16.1. The van der Waals surface area contributed by atoms with Gasteiger partial charge in [0.2, 0.25) is 5.91 Å². The Kier molecular flexibility index (Phi) is 5.38. The fourth-order valence-corrected chi connectivity index (χ4v) is 4.22. The van der Waals surface area contributed by atoms with Crippen molar-refractivity contribution in [2.24, 2.45) is 5.92 Å². The van der Waals surface area contributed by atoms with E-state index in [1.807, 2.05) is 11.8 Å². The Labute approximate surface area is 160 Å². The van der Waals surface area contributed by atoms with Gasteiger partial charge >= 0.3 is 0 Å². The molecule has 2 aliphatic heterocycles. The molecule has 0 radical (unpaired) electrons. The summed E-state index contributed by atoms with van der Waals surface area (Å²) in [5.74, 6) is 1.07. The summed E-state index contributed by atoms with van der Waals surface area (Å²) in [7, 11) is 0. The minimum absolute atomic E-state index is 0.0220. The number of piperidine rings is 2. The molecule has 27 heavy (non-hydrogen) atoms. The van der Waals surface area contributed by atoms with E-state index in [9.17, 15) is 9.59 Å². The number of rotatable bonds is 4. The summed E-state index contributed by atoms with van der Waals surface area (Å²) >= 11 is 0. The molecule has 0 aromatic carbocycles. The first-order valence-electron chi connectivity index (χ1n) is 10.2. The van der Waals surface area contributed by atoms with Crippen molar-refractivity contribution < 1.29 is 9.59 Å². The van der Waals surface area contributed by atoms with Crippen molar-refractivity contribution in [3.05, 3.63) is 23.8 Å². The molecule has 1 atom stereocenters. The first kappa shape index (κ1) is 18.3. The maximum atomic E-state index is 12.6. The molecule has 3 heterocycles. The lowest BCUT2D eigenvalue weighted by Gasteiger charge is -2.42. The number of hydrogen-bond acceptors (Lipinski definition) is 5. The summed E-state index contributed by atoms with van der Waals surface area (Å²) in [6, 6.07) is 0.910. The molecule has 1 aromatic heterocycles. The Hall–Kier alpha value is -2.02. The quantitative estimate of drug-likeness (QED) is 0.865. The van der Waals surface area contributed by atoms with E-state index < -0.39 is 0 Å². The van der Waals surface area contributed by atoms with E-state index in [2.05, 4.69) is 20.2 Å². The minimum Gasteiger partial charge on any atom is -0.353 e. The summed E-state index contributed by atoms with van der Waals surface area (Å²) in [5, 5.41) is 3.16. The molecule has 0 bridgehead atoms. The SMILES string of the molecule is Cc1ncc(C(=O)N2CCC(N3CCC[C@H](C(=O)NC4CC4)C3)CC2)cn1. The lowest BCUT2D eigenvalue weighted by Crippen LogP contribution is -2.51. The van der Waals surface area contributed by atoms with Gasteiger partial charge in [0.15, 0.2) is 0 Å². The Balaban J connectivity index is 1.28. The monoisotopic (exact) mass is 371 g/mol. The number of aryl methyl sites for hydroxylation is 1. The lowest BCUT2D eigenvalue weighted by molar-refractivity contribution is -0.127. The van der Waals surface area contributed by atoms with Crippen LogP contribution in [0.1, 0.15) is 54.7 Å². The molecule has 3 aliphatic rings. The van der Waals surface area contributed by atoms with Crippen molar-refractivity contribution >= 4 is 11.8 Å². The van der Waals surface area contributed by atoms with Crippen LogP contribution in [0.3, 0.4) is 0 Å². The van der Waals surface area contributed by atoms with Crippen LogP contribution >= 0.6 is 0 Å². The maximum Gasteiger partial charge on any atom is 0.256 e. The molecule has 3 fully saturated rings. The van der Waals surface area contributed by atoms with Gasteiger partial charge in [0.05, 0.1) is 11.5 Å². The van der Waals surface area contributed by atoms with Gasteiger partial charge in [-0.3, -0.25) is 14.5 Å². The average molecular weight is 371 g/mol. The highest BCUT2D eigenvalue weighted by molar-refractivity contribution is 5.93. The van der Waals surface area contributed by atoms with Crippen LogP contribution < -0.4 is 5.32 Å². The van der Waals surface area contributed by atoms with Gasteiger partial charge in [0.1, 0.15) is 5.82 Å². The third-order valence-electron chi connectivity index (χ3n) is 6.04. The minimum atomic E-state index is 0.0220. The molecule has 2 saturated heterocycles. The summed E-state index contributed by atoms with van der Waals surface area (Å²) < 4.78 is 0. The molecule has 0 spiro atoms. The van der Waals surface area contributed by atoms with E-state index in [0.29, 0.717) is 23.5 Å². The highest BCUT2D eigenvalue weighted by atomic mass is 16.2. The highest BCUT2D eigenvalue weighted by Gasteiger charge is 2.34. The number of carbonyl (C=O) groups is 2. The van der Waals surface area contributed by atoms with E-state index in [0.717, 1.165) is 64.7 Å².